The molecule has 8 aromatic rings. The van der Waals surface area contributed by atoms with Gasteiger partial charge in [0.05, 0.1) is 16.7 Å². The molecule has 0 radical (unpaired) electrons. The zero-order valence-electron chi connectivity index (χ0n) is 31.4. The molecule has 1 aromatic heterocycles. The molecule has 56 heavy (non-hydrogen) atoms. The van der Waals surface area contributed by atoms with Gasteiger partial charge in [0, 0.05) is 27.7 Å². The zero-order valence-corrected chi connectivity index (χ0v) is 31.4. The molecule has 7 aromatic carbocycles. The summed E-state index contributed by atoms with van der Waals surface area (Å²) in [7, 11) is 0. The minimum absolute atomic E-state index is 0.641. The van der Waals surface area contributed by atoms with E-state index in [9.17, 15) is 0 Å². The quantitative estimate of drug-likeness (QED) is 0.111. The van der Waals surface area contributed by atoms with Crippen LogP contribution in [0.4, 0.5) is 0 Å². The Morgan fingerprint density at radius 1 is 0.536 bits per heavy atom. The number of amidine groups is 1. The molecule has 1 heterocycles. The summed E-state index contributed by atoms with van der Waals surface area (Å²) in [6.45, 7) is 6.40. The number of benzene rings is 7. The predicted molar refractivity (Wildman–Crippen MR) is 238 cm³/mol. The summed E-state index contributed by atoms with van der Waals surface area (Å²) < 4.78 is 2.39. The fourth-order valence-corrected chi connectivity index (χ4v) is 7.76. The molecule has 0 unspecified atom stereocenters. The SMILES string of the molecule is C=C(/N=C(\N=C(/C)c1ccccc1)c1cccc(-c2cccc(-c3cccc4c3c3cc(-c5ccccc5)ccc3n4-c3ccccc3)c2)c1)C1=CCCC=C1. The van der Waals surface area contributed by atoms with Gasteiger partial charge in [-0.05, 0) is 107 Å². The molecule has 0 saturated heterocycles. The second-order valence-electron chi connectivity index (χ2n) is 14.2. The highest BCUT2D eigenvalue weighted by molar-refractivity contribution is 6.17. The Hall–Kier alpha value is -7.10. The number of aromatic nitrogens is 1. The Morgan fingerprint density at radius 3 is 1.95 bits per heavy atom. The zero-order chi connectivity index (χ0) is 37.8. The van der Waals surface area contributed by atoms with Gasteiger partial charge in [-0.3, -0.25) is 0 Å². The summed E-state index contributed by atoms with van der Waals surface area (Å²) in [5.41, 5.74) is 15.1. The normalized spacial score (nSPS) is 13.3. The Bertz CT molecular complexity index is 2850. The van der Waals surface area contributed by atoms with Gasteiger partial charge in [-0.1, -0.05) is 158 Å². The lowest BCUT2D eigenvalue weighted by atomic mass is 9.94. The summed E-state index contributed by atoms with van der Waals surface area (Å²) in [5.74, 6) is 0.641. The molecule has 1 aliphatic rings. The molecule has 0 aliphatic heterocycles. The van der Waals surface area contributed by atoms with E-state index >= 15 is 0 Å². The van der Waals surface area contributed by atoms with Gasteiger partial charge in [-0.25, -0.2) is 9.98 Å². The molecule has 0 fully saturated rings. The van der Waals surface area contributed by atoms with Crippen molar-refractivity contribution >= 4 is 33.4 Å². The molecule has 1 aliphatic carbocycles. The van der Waals surface area contributed by atoms with Crippen LogP contribution < -0.4 is 0 Å². The van der Waals surface area contributed by atoms with Crippen LogP contribution in [0.5, 0.6) is 0 Å². The van der Waals surface area contributed by atoms with E-state index in [4.69, 9.17) is 9.98 Å². The van der Waals surface area contributed by atoms with Crippen molar-refractivity contribution < 1.29 is 0 Å². The van der Waals surface area contributed by atoms with Crippen LogP contribution in [-0.2, 0) is 0 Å². The first-order chi connectivity index (χ1) is 27.6. The monoisotopic (exact) mass is 719 g/mol. The third kappa shape index (κ3) is 6.87. The number of allylic oxidation sites excluding steroid dienone is 3. The smallest absolute Gasteiger partial charge is 0.160 e. The first kappa shape index (κ1) is 34.7. The van der Waals surface area contributed by atoms with Crippen LogP contribution in [0, 0.1) is 0 Å². The number of nitrogens with zero attached hydrogens (tertiary/aromatic N) is 3. The second kappa shape index (κ2) is 15.3. The van der Waals surface area contributed by atoms with E-state index in [2.05, 4.69) is 187 Å². The van der Waals surface area contributed by atoms with Gasteiger partial charge in [0.1, 0.15) is 0 Å². The summed E-state index contributed by atoms with van der Waals surface area (Å²) in [6, 6.07) is 62.6. The number of para-hydroxylation sites is 1. The maximum atomic E-state index is 5.12. The lowest BCUT2D eigenvalue weighted by molar-refractivity contribution is 1.02. The van der Waals surface area contributed by atoms with Gasteiger partial charge >= 0.3 is 0 Å². The summed E-state index contributed by atoms with van der Waals surface area (Å²) >= 11 is 0. The average molecular weight is 720 g/mol. The number of rotatable bonds is 8. The van der Waals surface area contributed by atoms with E-state index < -0.39 is 0 Å². The van der Waals surface area contributed by atoms with Crippen molar-refractivity contribution in [3.05, 3.63) is 223 Å². The number of aliphatic imine (C=N–C) groups is 2. The molecular weight excluding hydrogens is 679 g/mol. The standard InChI is InChI=1S/C53H41N3/c1-37(39-18-7-3-8-19-39)54-53(55-38(2)40-20-9-4-10-21-40)46-27-16-25-43(35-46)42-24-15-26-45(34-42)48-30-17-31-51-52(48)49-36-44(41-22-11-5-12-23-41)32-33-50(49)56(51)47-28-13-6-14-29-47/h4-7,9-36H,1,3,8H2,2H3/b54-53-,55-38+. The van der Waals surface area contributed by atoms with Crippen molar-refractivity contribution in [3.8, 4) is 39.1 Å². The van der Waals surface area contributed by atoms with Crippen molar-refractivity contribution in [1.82, 2.24) is 4.57 Å². The molecule has 3 heteroatoms. The van der Waals surface area contributed by atoms with E-state index in [1.807, 2.05) is 25.1 Å². The van der Waals surface area contributed by atoms with E-state index in [1.165, 1.54) is 38.5 Å². The van der Waals surface area contributed by atoms with Gasteiger partial charge in [0.15, 0.2) is 5.84 Å². The maximum absolute atomic E-state index is 5.12. The van der Waals surface area contributed by atoms with Crippen LogP contribution in [0.1, 0.15) is 30.9 Å². The van der Waals surface area contributed by atoms with Gasteiger partial charge in [0.2, 0.25) is 0 Å². The lowest BCUT2D eigenvalue weighted by Crippen LogP contribution is -2.05. The molecular formula is C53H41N3. The highest BCUT2D eigenvalue weighted by Gasteiger charge is 2.18. The predicted octanol–water partition coefficient (Wildman–Crippen LogP) is 13.8. The third-order valence-electron chi connectivity index (χ3n) is 10.6. The van der Waals surface area contributed by atoms with Gasteiger partial charge in [-0.15, -0.1) is 0 Å². The van der Waals surface area contributed by atoms with Crippen molar-refractivity contribution in [2.24, 2.45) is 9.98 Å². The van der Waals surface area contributed by atoms with Crippen LogP contribution in [-0.4, -0.2) is 16.1 Å². The average Bonchev–Trinajstić information content (AvgIpc) is 3.61. The molecule has 0 atom stereocenters. The van der Waals surface area contributed by atoms with E-state index in [1.54, 1.807) is 0 Å². The molecule has 0 spiro atoms. The summed E-state index contributed by atoms with van der Waals surface area (Å²) in [5, 5.41) is 2.46. The second-order valence-corrected chi connectivity index (χ2v) is 14.2. The molecule has 268 valence electrons. The van der Waals surface area contributed by atoms with Crippen LogP contribution in [0.15, 0.2) is 222 Å². The van der Waals surface area contributed by atoms with Crippen LogP contribution >= 0.6 is 0 Å². The van der Waals surface area contributed by atoms with Gasteiger partial charge in [-0.2, -0.15) is 0 Å². The van der Waals surface area contributed by atoms with Crippen molar-refractivity contribution in [1.29, 1.82) is 0 Å². The van der Waals surface area contributed by atoms with E-state index in [-0.39, 0.29) is 0 Å². The van der Waals surface area contributed by atoms with Crippen molar-refractivity contribution in [3.63, 3.8) is 0 Å². The van der Waals surface area contributed by atoms with Crippen LogP contribution in [0.25, 0.3) is 60.9 Å². The molecule has 9 rings (SSSR count). The minimum atomic E-state index is 0.641. The Labute approximate surface area is 328 Å². The van der Waals surface area contributed by atoms with Crippen molar-refractivity contribution in [2.75, 3.05) is 0 Å². The topological polar surface area (TPSA) is 29.6 Å². The largest absolute Gasteiger partial charge is 0.309 e. The number of hydrogen-bond donors (Lipinski definition) is 0. The fraction of sp³-hybridized carbons (Fsp3) is 0.0566. The number of hydrogen-bond acceptors (Lipinski definition) is 1. The Kier molecular flexibility index (Phi) is 9.49. The van der Waals surface area contributed by atoms with Gasteiger partial charge in [0.25, 0.3) is 0 Å². The molecule has 3 nitrogen and oxygen atoms in total. The Balaban J connectivity index is 1.17. The minimum Gasteiger partial charge on any atom is -0.309 e. The molecule has 0 bridgehead atoms. The van der Waals surface area contributed by atoms with E-state index in [0.29, 0.717) is 11.5 Å². The van der Waals surface area contributed by atoms with Crippen LogP contribution in [0.2, 0.25) is 0 Å². The summed E-state index contributed by atoms with van der Waals surface area (Å²) in [6.07, 6.45) is 8.53. The first-order valence-electron chi connectivity index (χ1n) is 19.3. The van der Waals surface area contributed by atoms with Gasteiger partial charge < -0.3 is 4.57 Å². The highest BCUT2D eigenvalue weighted by atomic mass is 15.0. The van der Waals surface area contributed by atoms with E-state index in [0.717, 1.165) is 57.6 Å². The van der Waals surface area contributed by atoms with Crippen molar-refractivity contribution in [2.45, 2.75) is 19.8 Å². The number of fused-ring (bicyclic) bond motifs is 3. The maximum Gasteiger partial charge on any atom is 0.160 e. The summed E-state index contributed by atoms with van der Waals surface area (Å²) in [4.78, 5) is 10.2. The highest BCUT2D eigenvalue weighted by Crippen LogP contribution is 2.41. The lowest BCUT2D eigenvalue weighted by Gasteiger charge is -2.12. The first-order valence-corrected chi connectivity index (χ1v) is 19.3. The molecule has 0 N–H and O–H groups in total. The van der Waals surface area contributed by atoms with Crippen LogP contribution in [0.3, 0.4) is 0 Å². The molecule has 0 amide bonds. The third-order valence-corrected chi connectivity index (χ3v) is 10.6. The molecule has 0 saturated carbocycles. The fourth-order valence-electron chi connectivity index (χ4n) is 7.76. The Morgan fingerprint density at radius 2 is 1.18 bits per heavy atom.